The number of hydrogen-bond donors (Lipinski definition) is 2. The van der Waals surface area contributed by atoms with E-state index in [1.165, 1.54) is 6.42 Å². The highest BCUT2D eigenvalue weighted by Gasteiger charge is 2.33. The number of aryl methyl sites for hydroxylation is 1. The Morgan fingerprint density at radius 3 is 2.54 bits per heavy atom. The normalized spacial score (nSPS) is 17.5. The zero-order valence-electron chi connectivity index (χ0n) is 13.8. The lowest BCUT2D eigenvalue weighted by atomic mass is 9.71. The van der Waals surface area contributed by atoms with E-state index in [0.29, 0.717) is 24.2 Å². The lowest BCUT2D eigenvalue weighted by molar-refractivity contribution is -0.134. The molecule has 1 aliphatic rings. The molecule has 2 rings (SSSR count). The number of nitrogens with one attached hydrogen (secondary N) is 1. The van der Waals surface area contributed by atoms with Crippen molar-refractivity contribution in [3.05, 3.63) is 29.8 Å². The number of carbonyl (C=O) groups is 1. The van der Waals surface area contributed by atoms with E-state index in [9.17, 15) is 18.0 Å². The molecule has 0 saturated heterocycles. The van der Waals surface area contributed by atoms with Gasteiger partial charge in [-0.3, -0.25) is 4.79 Å². The summed E-state index contributed by atoms with van der Waals surface area (Å²) < 4.78 is 36.9. The minimum atomic E-state index is -4.17. The fraction of sp³-hybridized carbons (Fsp3) is 0.611. The number of halogens is 3. The van der Waals surface area contributed by atoms with Crippen LogP contribution in [0.4, 0.5) is 18.9 Å². The number of rotatable bonds is 6. The van der Waals surface area contributed by atoms with Crippen LogP contribution in [-0.2, 0) is 11.2 Å². The quantitative estimate of drug-likeness (QED) is 0.804. The van der Waals surface area contributed by atoms with Gasteiger partial charge < -0.3 is 11.1 Å². The molecular formula is C18H25F3N2O. The molecule has 0 atom stereocenters. The van der Waals surface area contributed by atoms with Gasteiger partial charge in [0.15, 0.2) is 0 Å². The molecule has 0 unspecified atom stereocenters. The van der Waals surface area contributed by atoms with Crippen molar-refractivity contribution in [1.29, 1.82) is 0 Å². The molecular weight excluding hydrogens is 317 g/mol. The third-order valence-electron chi connectivity index (χ3n) is 4.79. The van der Waals surface area contributed by atoms with Gasteiger partial charge in [0, 0.05) is 18.5 Å². The van der Waals surface area contributed by atoms with Crippen LogP contribution in [0.3, 0.4) is 0 Å². The molecule has 0 spiro atoms. The molecule has 0 radical (unpaired) electrons. The maximum atomic E-state index is 12.3. The third kappa shape index (κ3) is 5.82. The molecule has 0 bridgehead atoms. The van der Waals surface area contributed by atoms with E-state index in [2.05, 4.69) is 5.32 Å². The Labute approximate surface area is 140 Å². The first kappa shape index (κ1) is 18.8. The van der Waals surface area contributed by atoms with Crippen molar-refractivity contribution >= 4 is 11.6 Å². The van der Waals surface area contributed by atoms with Crippen molar-refractivity contribution in [3.8, 4) is 0 Å². The Kier molecular flexibility index (Phi) is 6.27. The van der Waals surface area contributed by atoms with Crippen LogP contribution >= 0.6 is 0 Å². The summed E-state index contributed by atoms with van der Waals surface area (Å²) in [5.41, 5.74) is 6.88. The zero-order chi connectivity index (χ0) is 17.6. The lowest BCUT2D eigenvalue weighted by Crippen LogP contribution is -2.36. The number of amides is 1. The predicted molar refractivity (Wildman–Crippen MR) is 88.6 cm³/mol. The molecule has 134 valence electrons. The van der Waals surface area contributed by atoms with Gasteiger partial charge in [0.1, 0.15) is 0 Å². The molecule has 0 aliphatic heterocycles. The molecule has 1 aliphatic carbocycles. The molecule has 1 aromatic rings. The highest BCUT2D eigenvalue weighted by molar-refractivity contribution is 5.91. The van der Waals surface area contributed by atoms with Gasteiger partial charge in [-0.05, 0) is 48.9 Å². The van der Waals surface area contributed by atoms with E-state index in [-0.39, 0.29) is 17.7 Å². The van der Waals surface area contributed by atoms with Crippen LogP contribution in [0.1, 0.15) is 50.5 Å². The average Bonchev–Trinajstić information content (AvgIpc) is 2.53. The van der Waals surface area contributed by atoms with Crippen molar-refractivity contribution in [3.63, 3.8) is 0 Å². The molecule has 3 N–H and O–H groups in total. The van der Waals surface area contributed by atoms with Crippen LogP contribution in [0.25, 0.3) is 0 Å². The SMILES string of the molecule is NCC1(CC(=O)Nc2cccc(CCC(F)(F)F)c2)CCCCC1. The van der Waals surface area contributed by atoms with E-state index < -0.39 is 12.6 Å². The van der Waals surface area contributed by atoms with Gasteiger partial charge in [0.2, 0.25) is 5.91 Å². The van der Waals surface area contributed by atoms with Crippen molar-refractivity contribution < 1.29 is 18.0 Å². The highest BCUT2D eigenvalue weighted by Crippen LogP contribution is 2.38. The number of anilines is 1. The van der Waals surface area contributed by atoms with Crippen molar-refractivity contribution in [2.45, 2.75) is 57.5 Å². The highest BCUT2D eigenvalue weighted by atomic mass is 19.4. The molecule has 6 heteroatoms. The van der Waals surface area contributed by atoms with Crippen LogP contribution in [0.2, 0.25) is 0 Å². The van der Waals surface area contributed by atoms with Crippen molar-refractivity contribution in [2.75, 3.05) is 11.9 Å². The van der Waals surface area contributed by atoms with Gasteiger partial charge in [-0.1, -0.05) is 31.4 Å². The topological polar surface area (TPSA) is 55.1 Å². The Morgan fingerprint density at radius 1 is 1.21 bits per heavy atom. The summed E-state index contributed by atoms with van der Waals surface area (Å²) in [6, 6.07) is 6.62. The van der Waals surface area contributed by atoms with Crippen LogP contribution in [-0.4, -0.2) is 18.6 Å². The molecule has 1 aromatic carbocycles. The minimum absolute atomic E-state index is 0.0834. The number of benzene rings is 1. The smallest absolute Gasteiger partial charge is 0.330 e. The molecule has 24 heavy (non-hydrogen) atoms. The summed E-state index contributed by atoms with van der Waals surface area (Å²) in [5, 5.41) is 2.81. The first-order valence-electron chi connectivity index (χ1n) is 8.48. The fourth-order valence-corrected chi connectivity index (χ4v) is 3.39. The van der Waals surface area contributed by atoms with Gasteiger partial charge in [-0.25, -0.2) is 0 Å². The molecule has 1 saturated carbocycles. The summed E-state index contributed by atoms with van der Waals surface area (Å²) in [4.78, 5) is 12.3. The maximum absolute atomic E-state index is 12.3. The van der Waals surface area contributed by atoms with Crippen molar-refractivity contribution in [2.24, 2.45) is 11.1 Å². The summed E-state index contributed by atoms with van der Waals surface area (Å²) in [6.45, 7) is 0.492. The van der Waals surface area contributed by atoms with E-state index >= 15 is 0 Å². The number of hydrogen-bond acceptors (Lipinski definition) is 2. The molecule has 1 amide bonds. The van der Waals surface area contributed by atoms with Gasteiger partial charge in [0.25, 0.3) is 0 Å². The van der Waals surface area contributed by atoms with Gasteiger partial charge >= 0.3 is 6.18 Å². The molecule has 3 nitrogen and oxygen atoms in total. The van der Waals surface area contributed by atoms with Crippen LogP contribution < -0.4 is 11.1 Å². The summed E-state index contributed by atoms with van der Waals surface area (Å²) in [7, 11) is 0. The van der Waals surface area contributed by atoms with Gasteiger partial charge in [-0.2, -0.15) is 13.2 Å². The average molecular weight is 342 g/mol. The number of nitrogens with two attached hydrogens (primary N) is 1. The van der Waals surface area contributed by atoms with Crippen LogP contribution in [0.5, 0.6) is 0 Å². The Morgan fingerprint density at radius 2 is 1.92 bits per heavy atom. The predicted octanol–water partition coefficient (Wildman–Crippen LogP) is 4.42. The molecule has 0 heterocycles. The largest absolute Gasteiger partial charge is 0.389 e. The number of carbonyl (C=O) groups excluding carboxylic acids is 1. The summed E-state index contributed by atoms with van der Waals surface area (Å²) in [5.74, 6) is -0.115. The van der Waals surface area contributed by atoms with E-state index in [0.717, 1.165) is 25.7 Å². The number of alkyl halides is 3. The minimum Gasteiger partial charge on any atom is -0.330 e. The van der Waals surface area contributed by atoms with E-state index in [1.807, 2.05) is 0 Å². The zero-order valence-corrected chi connectivity index (χ0v) is 13.8. The summed E-state index contributed by atoms with van der Waals surface area (Å²) in [6.07, 6.45) is 0.551. The Bertz CT molecular complexity index is 551. The van der Waals surface area contributed by atoms with Crippen molar-refractivity contribution in [1.82, 2.24) is 0 Å². The standard InChI is InChI=1S/C18H25F3N2O/c19-18(20,21)10-7-14-5-4-6-15(11-14)23-16(24)12-17(13-22)8-2-1-3-9-17/h4-6,11H,1-3,7-10,12-13,22H2,(H,23,24). The fourth-order valence-electron chi connectivity index (χ4n) is 3.39. The maximum Gasteiger partial charge on any atom is 0.389 e. The molecule has 1 fully saturated rings. The Hall–Kier alpha value is -1.56. The second kappa shape index (κ2) is 8.01. The molecule has 0 aromatic heterocycles. The van der Waals surface area contributed by atoms with E-state index in [4.69, 9.17) is 5.73 Å². The second-order valence-electron chi connectivity index (χ2n) is 6.81. The first-order chi connectivity index (χ1) is 11.3. The third-order valence-corrected chi connectivity index (χ3v) is 4.79. The first-order valence-corrected chi connectivity index (χ1v) is 8.48. The lowest BCUT2D eigenvalue weighted by Gasteiger charge is -2.35. The monoisotopic (exact) mass is 342 g/mol. The van der Waals surface area contributed by atoms with Crippen LogP contribution in [0.15, 0.2) is 24.3 Å². The summed E-state index contributed by atoms with van der Waals surface area (Å²) >= 11 is 0. The van der Waals surface area contributed by atoms with E-state index in [1.54, 1.807) is 24.3 Å². The second-order valence-corrected chi connectivity index (χ2v) is 6.81. The van der Waals surface area contributed by atoms with Gasteiger partial charge in [0.05, 0.1) is 0 Å². The van der Waals surface area contributed by atoms with Crippen LogP contribution in [0, 0.1) is 5.41 Å². The van der Waals surface area contributed by atoms with Gasteiger partial charge in [-0.15, -0.1) is 0 Å². The Balaban J connectivity index is 1.93.